The van der Waals surface area contributed by atoms with Gasteiger partial charge in [-0.1, -0.05) is 23.7 Å². The number of halogens is 2. The van der Waals surface area contributed by atoms with Crippen molar-refractivity contribution < 1.29 is 22.7 Å². The minimum Gasteiger partial charge on any atom is -0.480 e. The molecule has 6 nitrogen and oxygen atoms in total. The first kappa shape index (κ1) is 19.3. The third kappa shape index (κ3) is 3.97. The third-order valence-electron chi connectivity index (χ3n) is 4.17. The van der Waals surface area contributed by atoms with Crippen molar-refractivity contribution in [1.82, 2.24) is 9.29 Å². The molecule has 0 atom stereocenters. The molecule has 9 heteroatoms. The second-order valence-corrected chi connectivity index (χ2v) is 8.15. The molecule has 0 amide bonds. The van der Waals surface area contributed by atoms with Crippen LogP contribution in [0.2, 0.25) is 5.02 Å². The van der Waals surface area contributed by atoms with Crippen LogP contribution in [0.4, 0.5) is 4.39 Å². The highest BCUT2D eigenvalue weighted by Crippen LogP contribution is 2.30. The zero-order valence-electron chi connectivity index (χ0n) is 14.2. The van der Waals surface area contributed by atoms with Crippen LogP contribution in [0.25, 0.3) is 10.9 Å². The molecule has 0 saturated carbocycles. The molecule has 0 spiro atoms. The Morgan fingerprint density at radius 3 is 2.52 bits per heavy atom. The fourth-order valence-corrected chi connectivity index (χ4v) is 4.53. The Labute approximate surface area is 160 Å². The maximum Gasteiger partial charge on any atom is 0.323 e. The van der Waals surface area contributed by atoms with E-state index in [1.807, 2.05) is 0 Å². The minimum absolute atomic E-state index is 0.0138. The van der Waals surface area contributed by atoms with Crippen molar-refractivity contribution in [2.45, 2.75) is 24.9 Å². The SMILES string of the molecule is Cc1c(S(=O)(=O)NCc2ccc(Cl)cc2)c2cc(F)ccc2n1CC(=O)O. The molecule has 2 N–H and O–H groups in total. The first-order chi connectivity index (χ1) is 12.7. The quantitative estimate of drug-likeness (QED) is 0.652. The predicted octanol–water partition coefficient (Wildman–Crippen LogP) is 3.31. The fraction of sp³-hybridized carbons (Fsp3) is 0.167. The summed E-state index contributed by atoms with van der Waals surface area (Å²) in [6, 6.07) is 10.3. The minimum atomic E-state index is -4.02. The van der Waals surface area contributed by atoms with Gasteiger partial charge in [0.15, 0.2) is 0 Å². The van der Waals surface area contributed by atoms with Gasteiger partial charge < -0.3 is 9.67 Å². The molecule has 0 aliphatic heterocycles. The molecule has 0 bridgehead atoms. The van der Waals surface area contributed by atoms with Crippen LogP contribution in [0.3, 0.4) is 0 Å². The van der Waals surface area contributed by atoms with E-state index < -0.39 is 28.4 Å². The van der Waals surface area contributed by atoms with Gasteiger partial charge in [-0.3, -0.25) is 4.79 Å². The molecule has 0 radical (unpaired) electrons. The molecule has 0 saturated heterocycles. The number of rotatable bonds is 6. The molecular formula is C18H16ClFN2O4S. The van der Waals surface area contributed by atoms with Gasteiger partial charge in [0, 0.05) is 22.6 Å². The maximum absolute atomic E-state index is 13.7. The number of aliphatic carboxylic acids is 1. The Bertz CT molecular complexity index is 1120. The number of carbonyl (C=O) groups is 1. The monoisotopic (exact) mass is 410 g/mol. The Morgan fingerprint density at radius 1 is 1.22 bits per heavy atom. The standard InChI is InChI=1S/C18H16ClFN2O4S/c1-11-18(27(25,26)21-9-12-2-4-13(19)5-3-12)15-8-14(20)6-7-16(15)22(11)10-17(23)24/h2-8,21H,9-10H2,1H3,(H,23,24). The van der Waals surface area contributed by atoms with Gasteiger partial charge in [-0.2, -0.15) is 0 Å². The highest BCUT2D eigenvalue weighted by atomic mass is 35.5. The molecule has 27 heavy (non-hydrogen) atoms. The first-order valence-corrected chi connectivity index (χ1v) is 9.79. The fourth-order valence-electron chi connectivity index (χ4n) is 2.95. The molecule has 0 aliphatic rings. The maximum atomic E-state index is 13.7. The summed E-state index contributed by atoms with van der Waals surface area (Å²) in [4.78, 5) is 11.0. The molecule has 142 valence electrons. The van der Waals surface area contributed by atoms with Crippen LogP contribution in [0.1, 0.15) is 11.3 Å². The average Bonchev–Trinajstić information content (AvgIpc) is 2.86. The molecule has 1 aromatic heterocycles. The predicted molar refractivity (Wildman–Crippen MR) is 99.7 cm³/mol. The van der Waals surface area contributed by atoms with Crippen molar-refractivity contribution in [3.8, 4) is 0 Å². The topological polar surface area (TPSA) is 88.4 Å². The lowest BCUT2D eigenvalue weighted by Gasteiger charge is -2.08. The molecule has 1 heterocycles. The van der Waals surface area contributed by atoms with Crippen molar-refractivity contribution in [1.29, 1.82) is 0 Å². The normalized spacial score (nSPS) is 11.8. The molecular weight excluding hydrogens is 395 g/mol. The number of hydrogen-bond donors (Lipinski definition) is 2. The number of benzene rings is 2. The summed E-state index contributed by atoms with van der Waals surface area (Å²) in [5.41, 5.74) is 1.26. The van der Waals surface area contributed by atoms with Gasteiger partial charge in [0.05, 0.1) is 5.52 Å². The van der Waals surface area contributed by atoms with Crippen LogP contribution in [-0.2, 0) is 27.9 Å². The van der Waals surface area contributed by atoms with Gasteiger partial charge in [0.25, 0.3) is 0 Å². The van der Waals surface area contributed by atoms with Gasteiger partial charge in [-0.05, 0) is 42.8 Å². The number of nitrogens with one attached hydrogen (secondary N) is 1. The van der Waals surface area contributed by atoms with Gasteiger partial charge in [-0.25, -0.2) is 17.5 Å². The van der Waals surface area contributed by atoms with Crippen molar-refractivity contribution in [3.05, 3.63) is 64.6 Å². The number of carboxylic acid groups (broad SMARTS) is 1. The lowest BCUT2D eigenvalue weighted by atomic mass is 10.2. The summed E-state index contributed by atoms with van der Waals surface area (Å²) in [5.74, 6) is -1.73. The lowest BCUT2D eigenvalue weighted by Crippen LogP contribution is -2.24. The highest BCUT2D eigenvalue weighted by Gasteiger charge is 2.26. The van der Waals surface area contributed by atoms with E-state index in [9.17, 15) is 17.6 Å². The van der Waals surface area contributed by atoms with E-state index in [1.165, 1.54) is 17.6 Å². The first-order valence-electron chi connectivity index (χ1n) is 7.93. The lowest BCUT2D eigenvalue weighted by molar-refractivity contribution is -0.137. The second kappa shape index (κ2) is 7.30. The van der Waals surface area contributed by atoms with Crippen LogP contribution in [0, 0.1) is 12.7 Å². The van der Waals surface area contributed by atoms with Gasteiger partial charge in [0.2, 0.25) is 10.0 Å². The molecule has 0 unspecified atom stereocenters. The van der Waals surface area contributed by atoms with E-state index in [2.05, 4.69) is 4.72 Å². The molecule has 0 fully saturated rings. The van der Waals surface area contributed by atoms with E-state index in [-0.39, 0.29) is 22.5 Å². The Balaban J connectivity index is 2.05. The van der Waals surface area contributed by atoms with E-state index in [0.717, 1.165) is 12.1 Å². The molecule has 0 aliphatic carbocycles. The highest BCUT2D eigenvalue weighted by molar-refractivity contribution is 7.89. The van der Waals surface area contributed by atoms with E-state index in [4.69, 9.17) is 16.7 Å². The van der Waals surface area contributed by atoms with Crippen LogP contribution in [0.15, 0.2) is 47.4 Å². The zero-order valence-corrected chi connectivity index (χ0v) is 15.8. The largest absolute Gasteiger partial charge is 0.480 e. The van der Waals surface area contributed by atoms with E-state index in [0.29, 0.717) is 16.1 Å². The summed E-state index contributed by atoms with van der Waals surface area (Å²) < 4.78 is 43.4. The molecule has 3 rings (SSSR count). The van der Waals surface area contributed by atoms with Gasteiger partial charge in [-0.15, -0.1) is 0 Å². The number of sulfonamides is 1. The average molecular weight is 411 g/mol. The van der Waals surface area contributed by atoms with Crippen molar-refractivity contribution in [3.63, 3.8) is 0 Å². The molecule has 3 aromatic rings. The number of hydrogen-bond acceptors (Lipinski definition) is 3. The smallest absolute Gasteiger partial charge is 0.323 e. The van der Waals surface area contributed by atoms with Gasteiger partial charge >= 0.3 is 5.97 Å². The number of nitrogens with zero attached hydrogens (tertiary/aromatic N) is 1. The summed E-state index contributed by atoms with van der Waals surface area (Å²) in [6.45, 7) is 1.08. The Morgan fingerprint density at radius 2 is 1.89 bits per heavy atom. The Kier molecular flexibility index (Phi) is 5.23. The van der Waals surface area contributed by atoms with Crippen LogP contribution >= 0.6 is 11.6 Å². The second-order valence-electron chi connectivity index (χ2n) is 6.01. The number of aromatic nitrogens is 1. The third-order valence-corrected chi connectivity index (χ3v) is 6.00. The van der Waals surface area contributed by atoms with Crippen LogP contribution in [-0.4, -0.2) is 24.1 Å². The van der Waals surface area contributed by atoms with Crippen molar-refractivity contribution in [2.75, 3.05) is 0 Å². The van der Waals surface area contributed by atoms with Crippen molar-refractivity contribution in [2.24, 2.45) is 0 Å². The zero-order chi connectivity index (χ0) is 19.8. The number of fused-ring (bicyclic) bond motifs is 1. The summed E-state index contributed by atoms with van der Waals surface area (Å²) >= 11 is 5.82. The Hall–Kier alpha value is -2.42. The number of carboxylic acids is 1. The molecule has 2 aromatic carbocycles. The van der Waals surface area contributed by atoms with Crippen molar-refractivity contribution >= 4 is 38.5 Å². The van der Waals surface area contributed by atoms with Gasteiger partial charge in [0.1, 0.15) is 17.3 Å². The van der Waals surface area contributed by atoms with Crippen LogP contribution < -0.4 is 4.72 Å². The summed E-state index contributed by atoms with van der Waals surface area (Å²) in [6.07, 6.45) is 0. The van der Waals surface area contributed by atoms with E-state index >= 15 is 0 Å². The summed E-state index contributed by atoms with van der Waals surface area (Å²) in [7, 11) is -4.02. The summed E-state index contributed by atoms with van der Waals surface area (Å²) in [5, 5.41) is 9.79. The van der Waals surface area contributed by atoms with E-state index in [1.54, 1.807) is 24.3 Å². The van der Waals surface area contributed by atoms with Crippen LogP contribution in [0.5, 0.6) is 0 Å².